The van der Waals surface area contributed by atoms with Crippen molar-refractivity contribution in [2.45, 2.75) is 6.92 Å². The van der Waals surface area contributed by atoms with Gasteiger partial charge in [-0.2, -0.15) is 0 Å². The lowest BCUT2D eigenvalue weighted by molar-refractivity contribution is 0.276. The zero-order valence-electron chi connectivity index (χ0n) is 11.0. The van der Waals surface area contributed by atoms with E-state index in [2.05, 4.69) is 23.1 Å². The fourth-order valence-electron chi connectivity index (χ4n) is 2.29. The van der Waals surface area contributed by atoms with E-state index in [4.69, 9.17) is 4.74 Å². The Bertz CT molecular complexity index is 389. The van der Waals surface area contributed by atoms with Gasteiger partial charge in [-0.1, -0.05) is 6.92 Å². The van der Waals surface area contributed by atoms with Gasteiger partial charge in [0.2, 0.25) is 0 Å². The second-order valence-electron chi connectivity index (χ2n) is 4.51. The Kier molecular flexibility index (Phi) is 4.42. The lowest BCUT2D eigenvalue weighted by Gasteiger charge is -2.36. The second kappa shape index (κ2) is 6.05. The normalized spacial score (nSPS) is 16.9. The molecule has 0 saturated carbocycles. The Morgan fingerprint density at radius 3 is 2.61 bits per heavy atom. The maximum atomic E-state index is 13.3. The molecule has 0 aromatic heterocycles. The topological polar surface area (TPSA) is 15.7 Å². The fraction of sp³-hybridized carbons (Fsp3) is 0.500. The molecule has 99 valence electrons. The Morgan fingerprint density at radius 2 is 2.00 bits per heavy atom. The number of piperazine rings is 1. The average molecular weight is 251 g/mol. The van der Waals surface area contributed by atoms with Crippen molar-refractivity contribution in [1.29, 1.82) is 0 Å². The summed E-state index contributed by atoms with van der Waals surface area (Å²) in [5.41, 5.74) is 1.04. The molecule has 1 saturated heterocycles. The minimum Gasteiger partial charge on any atom is -0.494 e. The minimum absolute atomic E-state index is 0.305. The Labute approximate surface area is 108 Å². The zero-order valence-corrected chi connectivity index (χ0v) is 11.0. The molecule has 0 atom stereocenters. The van der Waals surface area contributed by atoms with Crippen LogP contribution in [0.15, 0.2) is 18.2 Å². The van der Waals surface area contributed by atoms with Crippen LogP contribution < -0.4 is 9.64 Å². The third kappa shape index (κ3) is 2.93. The van der Waals surface area contributed by atoms with Crippen molar-refractivity contribution < 1.29 is 9.13 Å². The summed E-state index contributed by atoms with van der Waals surface area (Å²) in [6.45, 7) is 7.16. The molecular weight excluding hydrogens is 231 g/mol. The molecule has 1 aromatic carbocycles. The summed E-state index contributed by atoms with van der Waals surface area (Å²) in [6.07, 6.45) is 2.18. The Balaban J connectivity index is 2.01. The Morgan fingerprint density at radius 1 is 1.28 bits per heavy atom. The first kappa shape index (κ1) is 13.1. The molecule has 0 bridgehead atoms. The van der Waals surface area contributed by atoms with Crippen LogP contribution in [0.25, 0.3) is 0 Å². The maximum Gasteiger partial charge on any atom is 0.165 e. The van der Waals surface area contributed by atoms with Crippen LogP contribution in [0.4, 0.5) is 10.1 Å². The summed E-state index contributed by atoms with van der Waals surface area (Å²) in [5.74, 6) is 0.0114. The molecule has 0 N–H and O–H groups in total. The van der Waals surface area contributed by atoms with E-state index in [0.717, 1.165) is 38.4 Å². The number of rotatable bonds is 4. The first-order valence-corrected chi connectivity index (χ1v) is 6.33. The van der Waals surface area contributed by atoms with Gasteiger partial charge >= 0.3 is 0 Å². The number of hydrogen-bond acceptors (Lipinski definition) is 3. The van der Waals surface area contributed by atoms with Crippen molar-refractivity contribution in [2.75, 3.05) is 44.7 Å². The van der Waals surface area contributed by atoms with Crippen LogP contribution >= 0.6 is 0 Å². The van der Waals surface area contributed by atoms with Gasteiger partial charge in [0.1, 0.15) is 0 Å². The van der Waals surface area contributed by atoms with Gasteiger partial charge in [0.05, 0.1) is 7.11 Å². The van der Waals surface area contributed by atoms with Gasteiger partial charge in [-0.25, -0.2) is 4.39 Å². The van der Waals surface area contributed by atoms with E-state index in [1.807, 2.05) is 6.07 Å². The highest BCUT2D eigenvalue weighted by molar-refractivity contribution is 5.51. The van der Waals surface area contributed by atoms with Gasteiger partial charge in [0.15, 0.2) is 11.6 Å². The Hall–Kier alpha value is -1.29. The van der Waals surface area contributed by atoms with Crippen molar-refractivity contribution in [1.82, 2.24) is 4.90 Å². The molecule has 1 aliphatic heterocycles. The molecule has 1 fully saturated rings. The minimum atomic E-state index is -0.305. The highest BCUT2D eigenvalue weighted by Gasteiger charge is 2.17. The van der Waals surface area contributed by atoms with Crippen LogP contribution in [0.1, 0.15) is 6.92 Å². The van der Waals surface area contributed by atoms with Gasteiger partial charge < -0.3 is 9.64 Å². The van der Waals surface area contributed by atoms with E-state index >= 15 is 0 Å². The lowest BCUT2D eigenvalue weighted by Crippen LogP contribution is -2.46. The molecule has 0 aliphatic carbocycles. The van der Waals surface area contributed by atoms with Gasteiger partial charge in [-0.05, 0) is 18.6 Å². The highest BCUT2D eigenvalue weighted by atomic mass is 19.1. The predicted molar refractivity (Wildman–Crippen MR) is 71.6 cm³/mol. The molecule has 3 nitrogen and oxygen atoms in total. The number of halogens is 1. The molecule has 0 amide bonds. The molecular formula is C14H20FN2O. The molecule has 4 heteroatoms. The average Bonchev–Trinajstić information content (AvgIpc) is 2.41. The van der Waals surface area contributed by atoms with Crippen LogP contribution in [0.2, 0.25) is 0 Å². The van der Waals surface area contributed by atoms with Crippen LogP contribution in [-0.4, -0.2) is 44.7 Å². The van der Waals surface area contributed by atoms with E-state index in [1.165, 1.54) is 13.2 Å². The van der Waals surface area contributed by atoms with Crippen molar-refractivity contribution in [3.63, 3.8) is 0 Å². The summed E-state index contributed by atoms with van der Waals surface area (Å²) < 4.78 is 18.4. The van der Waals surface area contributed by atoms with Crippen LogP contribution in [0.5, 0.6) is 5.75 Å². The lowest BCUT2D eigenvalue weighted by atomic mass is 10.2. The van der Waals surface area contributed by atoms with Gasteiger partial charge in [-0.15, -0.1) is 0 Å². The number of nitrogens with zero attached hydrogens (tertiary/aromatic N) is 2. The first-order valence-electron chi connectivity index (χ1n) is 6.33. The SMILES string of the molecule is C[CH]CN1CCN(c2ccc(F)c(OC)c2)CC1. The van der Waals surface area contributed by atoms with Crippen LogP contribution in [0.3, 0.4) is 0 Å². The zero-order chi connectivity index (χ0) is 13.0. The summed E-state index contributed by atoms with van der Waals surface area (Å²) in [6, 6.07) is 5.07. The predicted octanol–water partition coefficient (Wildman–Crippen LogP) is 2.18. The van der Waals surface area contributed by atoms with Crippen molar-refractivity contribution in [2.24, 2.45) is 0 Å². The number of hydrogen-bond donors (Lipinski definition) is 0. The number of anilines is 1. The van der Waals surface area contributed by atoms with Crippen molar-refractivity contribution in [3.05, 3.63) is 30.4 Å². The quantitative estimate of drug-likeness (QED) is 0.815. The third-order valence-corrected chi connectivity index (χ3v) is 3.31. The van der Waals surface area contributed by atoms with Crippen molar-refractivity contribution in [3.8, 4) is 5.75 Å². The van der Waals surface area contributed by atoms with E-state index in [0.29, 0.717) is 5.75 Å². The second-order valence-corrected chi connectivity index (χ2v) is 4.51. The molecule has 1 aliphatic rings. The molecule has 0 unspecified atom stereocenters. The summed E-state index contributed by atoms with van der Waals surface area (Å²) in [5, 5.41) is 0. The number of methoxy groups -OCH3 is 1. The highest BCUT2D eigenvalue weighted by Crippen LogP contribution is 2.25. The van der Waals surface area contributed by atoms with Gasteiger partial charge in [0, 0.05) is 44.5 Å². The maximum absolute atomic E-state index is 13.3. The largest absolute Gasteiger partial charge is 0.494 e. The van der Waals surface area contributed by atoms with E-state index in [1.54, 1.807) is 6.07 Å². The van der Waals surface area contributed by atoms with Crippen LogP contribution in [-0.2, 0) is 0 Å². The molecule has 1 radical (unpaired) electrons. The third-order valence-electron chi connectivity index (χ3n) is 3.31. The summed E-state index contributed by atoms with van der Waals surface area (Å²) in [7, 11) is 1.50. The fourth-order valence-corrected chi connectivity index (χ4v) is 2.29. The van der Waals surface area contributed by atoms with Gasteiger partial charge in [0.25, 0.3) is 0 Å². The number of benzene rings is 1. The standard InChI is InChI=1S/C14H20FN2O/c1-3-6-16-7-9-17(10-8-16)12-4-5-13(15)14(11-12)18-2/h3-5,11H,6-10H2,1-2H3. The molecule has 18 heavy (non-hydrogen) atoms. The molecule has 2 rings (SSSR count). The molecule has 1 heterocycles. The molecule has 1 aromatic rings. The van der Waals surface area contributed by atoms with Gasteiger partial charge in [-0.3, -0.25) is 4.90 Å². The van der Waals surface area contributed by atoms with E-state index in [9.17, 15) is 4.39 Å². The molecule has 0 spiro atoms. The van der Waals surface area contributed by atoms with E-state index < -0.39 is 0 Å². The smallest absolute Gasteiger partial charge is 0.165 e. The first-order chi connectivity index (χ1) is 8.74. The number of ether oxygens (including phenoxy) is 1. The van der Waals surface area contributed by atoms with E-state index in [-0.39, 0.29) is 5.82 Å². The van der Waals surface area contributed by atoms with Crippen molar-refractivity contribution >= 4 is 5.69 Å². The van der Waals surface area contributed by atoms with Crippen LogP contribution in [0, 0.1) is 12.2 Å². The summed E-state index contributed by atoms with van der Waals surface area (Å²) in [4.78, 5) is 4.69. The monoisotopic (exact) mass is 251 g/mol. The summed E-state index contributed by atoms with van der Waals surface area (Å²) >= 11 is 0.